The second kappa shape index (κ2) is 3.28. The van der Waals surface area contributed by atoms with Crippen LogP contribution in [-0.2, 0) is 0 Å². The first-order valence-electron chi connectivity index (χ1n) is 4.39. The summed E-state index contributed by atoms with van der Waals surface area (Å²) in [6.07, 6.45) is 3.44. The summed E-state index contributed by atoms with van der Waals surface area (Å²) in [5.41, 5.74) is 0.904. The fraction of sp³-hybridized carbons (Fsp3) is 0.556. The maximum absolute atomic E-state index is 12.1. The van der Waals surface area contributed by atoms with Gasteiger partial charge in [-0.1, -0.05) is 0 Å². The van der Waals surface area contributed by atoms with E-state index in [9.17, 15) is 4.39 Å². The van der Waals surface area contributed by atoms with Crippen molar-refractivity contribution in [3.63, 3.8) is 0 Å². The average molecular weight is 181 g/mol. The second-order valence-corrected chi connectivity index (χ2v) is 3.44. The van der Waals surface area contributed by atoms with Crippen LogP contribution in [0.15, 0.2) is 12.4 Å². The largest absolute Gasteiger partial charge is 0.354 e. The van der Waals surface area contributed by atoms with Crippen molar-refractivity contribution in [2.45, 2.75) is 6.92 Å². The molecular weight excluding hydrogens is 169 g/mol. The molecule has 2 heterocycles. The minimum atomic E-state index is -0.226. The van der Waals surface area contributed by atoms with Gasteiger partial charge in [0.05, 0.1) is 18.6 Å². The molecule has 0 spiro atoms. The van der Waals surface area contributed by atoms with E-state index in [0.717, 1.165) is 24.6 Å². The van der Waals surface area contributed by atoms with Crippen molar-refractivity contribution in [2.75, 3.05) is 24.7 Å². The van der Waals surface area contributed by atoms with Crippen LogP contribution in [0.25, 0.3) is 0 Å². The normalized spacial score (nSPS) is 17.2. The monoisotopic (exact) mass is 181 g/mol. The summed E-state index contributed by atoms with van der Waals surface area (Å²) in [6.45, 7) is 3.22. The van der Waals surface area contributed by atoms with Crippen molar-refractivity contribution in [1.82, 2.24) is 9.97 Å². The fourth-order valence-corrected chi connectivity index (χ4v) is 1.46. The van der Waals surface area contributed by atoms with E-state index >= 15 is 0 Å². The van der Waals surface area contributed by atoms with Gasteiger partial charge in [-0.25, -0.2) is 4.98 Å². The maximum atomic E-state index is 12.1. The molecule has 13 heavy (non-hydrogen) atoms. The third-order valence-corrected chi connectivity index (χ3v) is 2.24. The molecular formula is C9H12FN3. The molecule has 2 rings (SSSR count). The molecule has 0 bridgehead atoms. The Morgan fingerprint density at radius 1 is 1.54 bits per heavy atom. The lowest BCUT2D eigenvalue weighted by Crippen LogP contribution is -2.48. The van der Waals surface area contributed by atoms with Crippen LogP contribution in [0.2, 0.25) is 0 Å². The zero-order valence-corrected chi connectivity index (χ0v) is 7.57. The highest BCUT2D eigenvalue weighted by Gasteiger charge is 2.27. The molecule has 0 aliphatic carbocycles. The van der Waals surface area contributed by atoms with Crippen molar-refractivity contribution in [2.24, 2.45) is 5.92 Å². The van der Waals surface area contributed by atoms with Gasteiger partial charge in [0.2, 0.25) is 0 Å². The van der Waals surface area contributed by atoms with Gasteiger partial charge in [0.15, 0.2) is 0 Å². The predicted octanol–water partition coefficient (Wildman–Crippen LogP) is 1.19. The number of halogens is 1. The molecule has 1 aliphatic heterocycles. The summed E-state index contributed by atoms with van der Waals surface area (Å²) >= 11 is 0. The van der Waals surface area contributed by atoms with E-state index in [0.29, 0.717) is 0 Å². The Hall–Kier alpha value is -1.19. The van der Waals surface area contributed by atoms with Gasteiger partial charge in [0.1, 0.15) is 5.82 Å². The Morgan fingerprint density at radius 3 is 2.92 bits per heavy atom. The molecule has 1 aliphatic rings. The molecule has 0 amide bonds. The van der Waals surface area contributed by atoms with Crippen molar-refractivity contribution in [3.05, 3.63) is 18.1 Å². The van der Waals surface area contributed by atoms with E-state index in [1.54, 1.807) is 12.4 Å². The zero-order valence-electron chi connectivity index (χ0n) is 7.57. The van der Waals surface area contributed by atoms with Crippen LogP contribution in [0.3, 0.4) is 0 Å². The molecule has 70 valence electrons. The summed E-state index contributed by atoms with van der Waals surface area (Å²) in [5, 5.41) is 0. The fourth-order valence-electron chi connectivity index (χ4n) is 1.46. The van der Waals surface area contributed by atoms with Crippen molar-refractivity contribution in [1.29, 1.82) is 0 Å². The summed E-state index contributed by atoms with van der Waals surface area (Å²) in [5.74, 6) is 1.06. The van der Waals surface area contributed by atoms with Crippen molar-refractivity contribution < 1.29 is 4.39 Å². The number of rotatable bonds is 2. The summed E-state index contributed by atoms with van der Waals surface area (Å²) in [6, 6.07) is 0. The van der Waals surface area contributed by atoms with Crippen LogP contribution >= 0.6 is 0 Å². The first kappa shape index (κ1) is 8.41. The third kappa shape index (κ3) is 1.61. The SMILES string of the molecule is Cc1cncc(N2CC(CF)C2)n1. The van der Waals surface area contributed by atoms with Crippen LogP contribution in [0.4, 0.5) is 10.2 Å². The second-order valence-electron chi connectivity index (χ2n) is 3.44. The van der Waals surface area contributed by atoms with Crippen molar-refractivity contribution in [3.8, 4) is 0 Å². The molecule has 4 heteroatoms. The predicted molar refractivity (Wildman–Crippen MR) is 48.4 cm³/mol. The minimum absolute atomic E-state index is 0.197. The Balaban J connectivity index is 2.03. The lowest BCUT2D eigenvalue weighted by molar-refractivity contribution is 0.304. The molecule has 0 saturated carbocycles. The summed E-state index contributed by atoms with van der Waals surface area (Å²) < 4.78 is 12.1. The van der Waals surface area contributed by atoms with Gasteiger partial charge >= 0.3 is 0 Å². The summed E-state index contributed by atoms with van der Waals surface area (Å²) in [4.78, 5) is 10.4. The molecule has 1 aromatic heterocycles. The standard InChI is InChI=1S/C9H12FN3/c1-7-3-11-4-9(12-7)13-5-8(2-10)6-13/h3-4,8H,2,5-6H2,1H3. The number of hydrogen-bond acceptors (Lipinski definition) is 3. The molecule has 0 unspecified atom stereocenters. The van der Waals surface area contributed by atoms with Gasteiger partial charge in [-0.3, -0.25) is 9.37 Å². The van der Waals surface area contributed by atoms with Gasteiger partial charge < -0.3 is 4.90 Å². The quantitative estimate of drug-likeness (QED) is 0.686. The minimum Gasteiger partial charge on any atom is -0.354 e. The Bertz CT molecular complexity index is 297. The topological polar surface area (TPSA) is 29.0 Å². The van der Waals surface area contributed by atoms with Crippen molar-refractivity contribution >= 4 is 5.82 Å². The van der Waals surface area contributed by atoms with E-state index in [2.05, 4.69) is 9.97 Å². The van der Waals surface area contributed by atoms with Crippen LogP contribution in [0.1, 0.15) is 5.69 Å². The lowest BCUT2D eigenvalue weighted by Gasteiger charge is -2.38. The van der Waals surface area contributed by atoms with Gasteiger partial charge in [-0.05, 0) is 6.92 Å². The number of alkyl halides is 1. The number of anilines is 1. The van der Waals surface area contributed by atoms with E-state index in [-0.39, 0.29) is 12.6 Å². The van der Waals surface area contributed by atoms with Crippen LogP contribution in [0.5, 0.6) is 0 Å². The van der Waals surface area contributed by atoms with Crippen LogP contribution in [0, 0.1) is 12.8 Å². The van der Waals surface area contributed by atoms with E-state index in [1.165, 1.54) is 0 Å². The average Bonchev–Trinajstić information content (AvgIpc) is 2.02. The molecule has 1 saturated heterocycles. The van der Waals surface area contributed by atoms with Gasteiger partial charge in [-0.2, -0.15) is 0 Å². The van der Waals surface area contributed by atoms with Gasteiger partial charge in [-0.15, -0.1) is 0 Å². The maximum Gasteiger partial charge on any atom is 0.147 e. The first-order valence-corrected chi connectivity index (χ1v) is 4.39. The smallest absolute Gasteiger partial charge is 0.147 e. The Morgan fingerprint density at radius 2 is 2.31 bits per heavy atom. The molecule has 0 radical (unpaired) electrons. The highest BCUT2D eigenvalue weighted by Crippen LogP contribution is 2.21. The lowest BCUT2D eigenvalue weighted by atomic mass is 10.0. The van der Waals surface area contributed by atoms with Crippen LogP contribution in [-0.4, -0.2) is 29.7 Å². The molecule has 0 N–H and O–H groups in total. The Kier molecular flexibility index (Phi) is 2.12. The number of nitrogens with zero attached hydrogens (tertiary/aromatic N) is 3. The van der Waals surface area contributed by atoms with Crippen LogP contribution < -0.4 is 4.90 Å². The molecule has 3 nitrogen and oxygen atoms in total. The van der Waals surface area contributed by atoms with E-state index in [1.807, 2.05) is 11.8 Å². The highest BCUT2D eigenvalue weighted by atomic mass is 19.1. The third-order valence-electron chi connectivity index (χ3n) is 2.24. The van der Waals surface area contributed by atoms with Gasteiger partial charge in [0, 0.05) is 25.2 Å². The summed E-state index contributed by atoms with van der Waals surface area (Å²) in [7, 11) is 0. The number of aryl methyl sites for hydroxylation is 1. The first-order chi connectivity index (χ1) is 6.29. The number of aromatic nitrogens is 2. The van der Waals surface area contributed by atoms with E-state index < -0.39 is 0 Å². The Labute approximate surface area is 76.6 Å². The number of hydrogen-bond donors (Lipinski definition) is 0. The molecule has 0 atom stereocenters. The highest BCUT2D eigenvalue weighted by molar-refractivity contribution is 5.39. The molecule has 1 fully saturated rings. The zero-order chi connectivity index (χ0) is 9.26. The molecule has 1 aromatic rings. The van der Waals surface area contributed by atoms with E-state index in [4.69, 9.17) is 0 Å². The van der Waals surface area contributed by atoms with Gasteiger partial charge in [0.25, 0.3) is 0 Å². The molecule has 0 aromatic carbocycles.